The van der Waals surface area contributed by atoms with E-state index in [9.17, 15) is 0 Å². The zero-order valence-electron chi connectivity index (χ0n) is 20.8. The van der Waals surface area contributed by atoms with E-state index in [0.29, 0.717) is 0 Å². The van der Waals surface area contributed by atoms with Crippen LogP contribution in [0, 0.1) is 0 Å². The Kier molecular flexibility index (Phi) is 22.5. The molecular formula is C27H59P. The van der Waals surface area contributed by atoms with Crippen molar-refractivity contribution in [2.75, 3.05) is 24.6 Å². The van der Waals surface area contributed by atoms with Gasteiger partial charge in [-0.25, -0.2) is 0 Å². The first kappa shape index (κ1) is 28.4. The van der Waals surface area contributed by atoms with Crippen molar-refractivity contribution >= 4 is 7.26 Å². The first-order valence-electron chi connectivity index (χ1n) is 13.7. The van der Waals surface area contributed by atoms with Crippen LogP contribution >= 0.6 is 7.26 Å². The van der Waals surface area contributed by atoms with E-state index < -0.39 is 7.26 Å². The summed E-state index contributed by atoms with van der Waals surface area (Å²) in [5.41, 5.74) is 0. The second-order valence-corrected chi connectivity index (χ2v) is 14.8. The molecule has 1 heteroatoms. The van der Waals surface area contributed by atoms with E-state index in [4.69, 9.17) is 0 Å². The number of hydrogen-bond acceptors (Lipinski definition) is 0. The van der Waals surface area contributed by atoms with Crippen molar-refractivity contribution in [2.45, 2.75) is 150 Å². The first-order chi connectivity index (χ1) is 13.7. The van der Waals surface area contributed by atoms with Crippen LogP contribution in [0.1, 0.15) is 150 Å². The molecule has 0 aliphatic carbocycles. The van der Waals surface area contributed by atoms with Crippen molar-refractivity contribution < 1.29 is 0 Å². The first-order valence-corrected chi connectivity index (χ1v) is 16.6. The van der Waals surface area contributed by atoms with E-state index in [0.717, 1.165) is 0 Å². The molecule has 0 unspecified atom stereocenters. The Labute approximate surface area is 181 Å². The molecule has 0 radical (unpaired) electrons. The van der Waals surface area contributed by atoms with Gasteiger partial charge in [0.2, 0.25) is 0 Å². The Morgan fingerprint density at radius 1 is 0.286 bits per heavy atom. The van der Waals surface area contributed by atoms with E-state index in [1.807, 2.05) is 0 Å². The summed E-state index contributed by atoms with van der Waals surface area (Å²) in [5.74, 6) is 0. The molecule has 0 aliphatic heterocycles. The van der Waals surface area contributed by atoms with E-state index >= 15 is 0 Å². The zero-order valence-corrected chi connectivity index (χ0v) is 21.8. The third-order valence-corrected chi connectivity index (χ3v) is 12.6. The molecule has 172 valence electrons. The van der Waals surface area contributed by atoms with Gasteiger partial charge < -0.3 is 0 Å². The molecule has 0 rings (SSSR count). The summed E-state index contributed by atoms with van der Waals surface area (Å²) in [5, 5.41) is 0. The molecule has 0 saturated carbocycles. The van der Waals surface area contributed by atoms with Crippen molar-refractivity contribution in [1.82, 2.24) is 0 Å². The van der Waals surface area contributed by atoms with Gasteiger partial charge in [-0.15, -0.1) is 0 Å². The average molecular weight is 415 g/mol. The fourth-order valence-electron chi connectivity index (χ4n) is 4.99. The van der Waals surface area contributed by atoms with Crippen LogP contribution in [0.15, 0.2) is 0 Å². The third-order valence-electron chi connectivity index (χ3n) is 6.99. The van der Waals surface area contributed by atoms with Gasteiger partial charge in [0.25, 0.3) is 0 Å². The summed E-state index contributed by atoms with van der Waals surface area (Å²) >= 11 is 0. The molecule has 0 atom stereocenters. The van der Waals surface area contributed by atoms with E-state index in [-0.39, 0.29) is 0 Å². The standard InChI is InChI=1S/C27H59P/c1-5-9-13-14-15-16-17-18-19-23-27-28(24-20-10-6-2,25-21-11-7-3)26-22-12-8-4/h28H,5-27H2,1-4H3. The van der Waals surface area contributed by atoms with Crippen LogP contribution in [0.3, 0.4) is 0 Å². The van der Waals surface area contributed by atoms with Gasteiger partial charge in [0.15, 0.2) is 0 Å². The summed E-state index contributed by atoms with van der Waals surface area (Å²) in [4.78, 5) is 0. The molecule has 0 aromatic carbocycles. The summed E-state index contributed by atoms with van der Waals surface area (Å²) < 4.78 is 0. The molecule has 28 heavy (non-hydrogen) atoms. The van der Waals surface area contributed by atoms with Gasteiger partial charge in [0, 0.05) is 0 Å². The Morgan fingerprint density at radius 2 is 0.500 bits per heavy atom. The molecule has 0 aliphatic rings. The fraction of sp³-hybridized carbons (Fsp3) is 1.00. The Balaban J connectivity index is 4.26. The van der Waals surface area contributed by atoms with Crippen LogP contribution < -0.4 is 0 Å². The minimum atomic E-state index is -0.998. The van der Waals surface area contributed by atoms with Crippen molar-refractivity contribution in [3.8, 4) is 0 Å². The third kappa shape index (κ3) is 17.3. The molecule has 0 N–H and O–H groups in total. The van der Waals surface area contributed by atoms with Crippen molar-refractivity contribution in [1.29, 1.82) is 0 Å². The van der Waals surface area contributed by atoms with Gasteiger partial charge in [-0.1, -0.05) is 0 Å². The van der Waals surface area contributed by atoms with Crippen LogP contribution in [0.25, 0.3) is 0 Å². The predicted molar refractivity (Wildman–Crippen MR) is 138 cm³/mol. The SMILES string of the molecule is CCCCCCCCCCCC[PH](CCCCC)(CCCCC)CCCCC. The molecule has 0 spiro atoms. The molecule has 0 nitrogen and oxygen atoms in total. The maximum absolute atomic E-state index is 2.37. The van der Waals surface area contributed by atoms with Crippen LogP contribution in [-0.2, 0) is 0 Å². The van der Waals surface area contributed by atoms with Crippen molar-refractivity contribution in [3.63, 3.8) is 0 Å². The second kappa shape index (κ2) is 22.1. The minimum absolute atomic E-state index is 0.998. The quantitative estimate of drug-likeness (QED) is 0.115. The van der Waals surface area contributed by atoms with Gasteiger partial charge in [-0.3, -0.25) is 0 Å². The van der Waals surface area contributed by atoms with Crippen LogP contribution in [0.5, 0.6) is 0 Å². The number of unbranched alkanes of at least 4 members (excludes halogenated alkanes) is 15. The monoisotopic (exact) mass is 414 g/mol. The Morgan fingerprint density at radius 3 is 0.821 bits per heavy atom. The normalized spacial score (nSPS) is 12.6. The molecule has 0 heterocycles. The predicted octanol–water partition coefficient (Wildman–Crippen LogP) is 10.2. The van der Waals surface area contributed by atoms with Gasteiger partial charge in [-0.05, 0) is 0 Å². The van der Waals surface area contributed by atoms with Crippen LogP contribution in [0.4, 0.5) is 0 Å². The van der Waals surface area contributed by atoms with Gasteiger partial charge in [-0.2, -0.15) is 0 Å². The summed E-state index contributed by atoms with van der Waals surface area (Å²) in [6.45, 7) is 9.44. The Hall–Kier alpha value is 0.430. The summed E-state index contributed by atoms with van der Waals surface area (Å²) in [6.07, 6.45) is 34.8. The van der Waals surface area contributed by atoms with E-state index in [2.05, 4.69) is 27.7 Å². The summed E-state index contributed by atoms with van der Waals surface area (Å²) in [7, 11) is -0.998. The Bertz CT molecular complexity index is 259. The van der Waals surface area contributed by atoms with E-state index in [1.54, 1.807) is 50.3 Å². The van der Waals surface area contributed by atoms with Crippen molar-refractivity contribution in [3.05, 3.63) is 0 Å². The molecule has 0 aromatic heterocycles. The van der Waals surface area contributed by atoms with Crippen molar-refractivity contribution in [2.24, 2.45) is 0 Å². The molecule has 0 amide bonds. The number of rotatable bonds is 23. The van der Waals surface area contributed by atoms with E-state index in [1.165, 1.54) is 96.3 Å². The molecular weight excluding hydrogens is 355 g/mol. The molecule has 0 bridgehead atoms. The van der Waals surface area contributed by atoms with Crippen LogP contribution in [0.2, 0.25) is 0 Å². The zero-order chi connectivity index (χ0) is 20.8. The van der Waals surface area contributed by atoms with Crippen LogP contribution in [-0.4, -0.2) is 24.6 Å². The fourth-order valence-corrected chi connectivity index (χ4v) is 10.5. The van der Waals surface area contributed by atoms with Gasteiger partial charge >= 0.3 is 182 Å². The topological polar surface area (TPSA) is 0 Å². The van der Waals surface area contributed by atoms with Gasteiger partial charge in [0.05, 0.1) is 0 Å². The summed E-state index contributed by atoms with van der Waals surface area (Å²) in [6, 6.07) is 0. The number of hydrogen-bond donors (Lipinski definition) is 0. The average Bonchev–Trinajstić information content (AvgIpc) is 2.70. The molecule has 0 saturated heterocycles. The maximum atomic E-state index is 2.37. The second-order valence-electron chi connectivity index (χ2n) is 9.80. The molecule has 0 aromatic rings. The van der Waals surface area contributed by atoms with Gasteiger partial charge in [0.1, 0.15) is 0 Å². The molecule has 0 fully saturated rings.